The number of benzene rings is 3. The summed E-state index contributed by atoms with van der Waals surface area (Å²) in [6, 6.07) is 10.9. The van der Waals surface area contributed by atoms with Crippen LogP contribution in [-0.2, 0) is 19.6 Å². The third-order valence-corrected chi connectivity index (χ3v) is 15.3. The molecule has 9 heteroatoms. The van der Waals surface area contributed by atoms with E-state index in [2.05, 4.69) is 125 Å². The second-order valence-electron chi connectivity index (χ2n) is 21.0. The van der Waals surface area contributed by atoms with Gasteiger partial charge in [0.2, 0.25) is 0 Å². The average Bonchev–Trinajstić information content (AvgIpc) is 3.21. The van der Waals surface area contributed by atoms with Gasteiger partial charge in [0.25, 0.3) is 0 Å². The van der Waals surface area contributed by atoms with Gasteiger partial charge in [-0.25, -0.2) is 28.1 Å². The zero-order chi connectivity index (χ0) is 47.7. The van der Waals surface area contributed by atoms with Crippen molar-refractivity contribution in [1.82, 2.24) is 13.7 Å². The first-order valence-electron chi connectivity index (χ1n) is 23.7. The summed E-state index contributed by atoms with van der Waals surface area (Å²) in [4.78, 5) is 46.2. The number of phenols is 3. The Bertz CT molecular complexity index is 2120. The molecule has 4 rings (SSSR count). The molecule has 0 amide bonds. The van der Waals surface area contributed by atoms with Gasteiger partial charge >= 0.3 is 17.1 Å². The number of phenolic OH excluding ortho intramolecular Hbond substituents is 3. The van der Waals surface area contributed by atoms with Crippen LogP contribution in [0.5, 0.6) is 17.2 Å². The molecule has 0 radical (unpaired) electrons. The van der Waals surface area contributed by atoms with Crippen LogP contribution in [0.2, 0.25) is 0 Å². The maximum atomic E-state index is 15.4. The topological polar surface area (TPSA) is 127 Å². The van der Waals surface area contributed by atoms with E-state index in [1.54, 1.807) is 18.2 Å². The zero-order valence-corrected chi connectivity index (χ0v) is 41.9. The van der Waals surface area contributed by atoms with E-state index in [1.165, 1.54) is 13.7 Å². The molecule has 63 heavy (non-hydrogen) atoms. The van der Waals surface area contributed by atoms with E-state index >= 15 is 14.4 Å². The van der Waals surface area contributed by atoms with Crippen LogP contribution in [0.4, 0.5) is 0 Å². The first-order valence-corrected chi connectivity index (χ1v) is 23.7. The molecule has 0 spiro atoms. The lowest BCUT2D eigenvalue weighted by molar-refractivity contribution is 0.428. The van der Waals surface area contributed by atoms with Crippen LogP contribution < -0.4 is 17.1 Å². The van der Waals surface area contributed by atoms with Gasteiger partial charge in [-0.1, -0.05) is 143 Å². The van der Waals surface area contributed by atoms with Gasteiger partial charge in [-0.2, -0.15) is 0 Å². The van der Waals surface area contributed by atoms with Crippen molar-refractivity contribution >= 4 is 0 Å². The van der Waals surface area contributed by atoms with Gasteiger partial charge in [0, 0.05) is 16.7 Å². The standard InChI is InChI=1S/C54H81N3O6/c1-28(2)34(13)40-19-22-46(58)49(37(16)31(7)8)43(40)25-55-52(61)56(26-44-41(35(14)29(3)4)20-23-47(59)50(44)38(17)32(9)10)54(63)57(53(55)62)27-45-42(36(15)30(5)6)21-24-48(60)51(45)39(18)33(11)12/h19-24,28-39,58-60H,25-27H2,1-18H3. The highest BCUT2D eigenvalue weighted by molar-refractivity contribution is 5.51. The van der Waals surface area contributed by atoms with Gasteiger partial charge in [-0.05, 0) is 123 Å². The van der Waals surface area contributed by atoms with Crippen LogP contribution in [0.3, 0.4) is 0 Å². The summed E-state index contributed by atoms with van der Waals surface area (Å²) in [5, 5.41) is 34.8. The fourth-order valence-electron chi connectivity index (χ4n) is 8.98. The molecule has 4 aromatic rings. The molecule has 0 aliphatic rings. The van der Waals surface area contributed by atoms with Crippen LogP contribution in [-0.4, -0.2) is 29.0 Å². The summed E-state index contributed by atoms with van der Waals surface area (Å²) in [7, 11) is 0. The molecule has 3 aromatic carbocycles. The Morgan fingerprint density at radius 3 is 0.698 bits per heavy atom. The van der Waals surface area contributed by atoms with Crippen molar-refractivity contribution in [1.29, 1.82) is 0 Å². The highest BCUT2D eigenvalue weighted by atomic mass is 16.3. The van der Waals surface area contributed by atoms with E-state index in [0.717, 1.165) is 16.7 Å². The molecule has 1 heterocycles. The van der Waals surface area contributed by atoms with Gasteiger partial charge in [-0.3, -0.25) is 0 Å². The Balaban J connectivity index is 2.28. The van der Waals surface area contributed by atoms with Crippen molar-refractivity contribution in [3.8, 4) is 17.2 Å². The minimum absolute atomic E-state index is 0.0162. The van der Waals surface area contributed by atoms with Crippen LogP contribution in [0.15, 0.2) is 50.8 Å². The molecular formula is C54H81N3O6. The predicted molar refractivity (Wildman–Crippen MR) is 260 cm³/mol. The summed E-state index contributed by atoms with van der Waals surface area (Å²) in [6.45, 7) is 37.4. The Hall–Kier alpha value is -4.53. The van der Waals surface area contributed by atoms with E-state index in [0.29, 0.717) is 33.4 Å². The second kappa shape index (κ2) is 20.5. The number of aromatic nitrogens is 3. The van der Waals surface area contributed by atoms with Crippen molar-refractivity contribution in [2.24, 2.45) is 35.5 Å². The SMILES string of the molecule is CC(C)C(C)c1ccc(O)c(C(C)C(C)C)c1Cn1c(=O)n(Cc2c(C(C)C(C)C)ccc(O)c2C(C)C(C)C)c(=O)n(Cc2c(C(C)C(C)C)ccc(O)c2C(C)C(C)C)c1=O. The Morgan fingerprint density at radius 1 is 0.333 bits per heavy atom. The van der Waals surface area contributed by atoms with Gasteiger partial charge < -0.3 is 15.3 Å². The second-order valence-corrected chi connectivity index (χ2v) is 21.0. The first kappa shape index (κ1) is 51.1. The van der Waals surface area contributed by atoms with Gasteiger partial charge in [-0.15, -0.1) is 0 Å². The summed E-state index contributed by atoms with van der Waals surface area (Å²) in [5.74, 6) is 1.00. The largest absolute Gasteiger partial charge is 0.508 e. The molecule has 9 nitrogen and oxygen atoms in total. The highest BCUT2D eigenvalue weighted by Crippen LogP contribution is 2.42. The molecular weight excluding hydrogens is 787 g/mol. The van der Waals surface area contributed by atoms with Crippen molar-refractivity contribution in [3.63, 3.8) is 0 Å². The average molecular weight is 868 g/mol. The minimum Gasteiger partial charge on any atom is -0.508 e. The molecule has 0 aliphatic heterocycles. The van der Waals surface area contributed by atoms with Gasteiger partial charge in [0.05, 0.1) is 19.6 Å². The summed E-state index contributed by atoms with van der Waals surface area (Å²) in [6.07, 6.45) is 0. The van der Waals surface area contributed by atoms with E-state index in [1.807, 2.05) is 18.2 Å². The van der Waals surface area contributed by atoms with Crippen LogP contribution in [0.1, 0.15) is 210 Å². The molecule has 3 N–H and O–H groups in total. The predicted octanol–water partition coefficient (Wildman–Crippen LogP) is 12.0. The Labute approximate surface area is 378 Å². The van der Waals surface area contributed by atoms with Crippen molar-refractivity contribution < 1.29 is 15.3 Å². The molecule has 0 saturated carbocycles. The number of rotatable bonds is 18. The fourth-order valence-corrected chi connectivity index (χ4v) is 8.98. The van der Waals surface area contributed by atoms with E-state index in [-0.39, 0.29) is 108 Å². The first-order chi connectivity index (χ1) is 29.3. The third kappa shape index (κ3) is 10.4. The van der Waals surface area contributed by atoms with Gasteiger partial charge in [0.1, 0.15) is 17.2 Å². The molecule has 348 valence electrons. The molecule has 6 atom stereocenters. The Morgan fingerprint density at radius 2 is 0.524 bits per heavy atom. The quantitative estimate of drug-likeness (QED) is 0.0914. The maximum Gasteiger partial charge on any atom is 0.336 e. The monoisotopic (exact) mass is 868 g/mol. The third-order valence-electron chi connectivity index (χ3n) is 15.3. The van der Waals surface area contributed by atoms with Crippen LogP contribution in [0.25, 0.3) is 0 Å². The molecule has 0 bridgehead atoms. The van der Waals surface area contributed by atoms with E-state index < -0.39 is 17.1 Å². The van der Waals surface area contributed by atoms with E-state index in [4.69, 9.17) is 0 Å². The van der Waals surface area contributed by atoms with Crippen molar-refractivity contribution in [2.75, 3.05) is 0 Å². The lowest BCUT2D eigenvalue weighted by Gasteiger charge is -2.29. The Kier molecular flexibility index (Phi) is 16.7. The molecule has 0 aliphatic carbocycles. The van der Waals surface area contributed by atoms with Crippen LogP contribution in [0, 0.1) is 35.5 Å². The number of aromatic hydroxyl groups is 3. The number of nitrogens with zero attached hydrogens (tertiary/aromatic N) is 3. The minimum atomic E-state index is -0.756. The molecule has 0 fully saturated rings. The number of hydrogen-bond acceptors (Lipinski definition) is 6. The van der Waals surface area contributed by atoms with Crippen molar-refractivity contribution in [3.05, 3.63) is 118 Å². The summed E-state index contributed by atoms with van der Waals surface area (Å²) >= 11 is 0. The molecule has 6 unspecified atom stereocenters. The lowest BCUT2D eigenvalue weighted by Crippen LogP contribution is -2.55. The van der Waals surface area contributed by atoms with Crippen LogP contribution >= 0.6 is 0 Å². The smallest absolute Gasteiger partial charge is 0.336 e. The fraction of sp³-hybridized carbons (Fsp3) is 0.611. The highest BCUT2D eigenvalue weighted by Gasteiger charge is 2.31. The van der Waals surface area contributed by atoms with E-state index in [9.17, 15) is 15.3 Å². The lowest BCUT2D eigenvalue weighted by atomic mass is 9.79. The molecule has 0 saturated heterocycles. The number of hydrogen-bond donors (Lipinski definition) is 3. The van der Waals surface area contributed by atoms with Crippen molar-refractivity contribution in [2.45, 2.75) is 180 Å². The van der Waals surface area contributed by atoms with Gasteiger partial charge in [0.15, 0.2) is 0 Å². The summed E-state index contributed by atoms with van der Waals surface area (Å²) < 4.78 is 3.55. The maximum absolute atomic E-state index is 15.4. The summed E-state index contributed by atoms with van der Waals surface area (Å²) in [5.41, 5.74) is 4.71. The molecule has 1 aromatic heterocycles. The normalized spacial score (nSPS) is 15.2. The zero-order valence-electron chi connectivity index (χ0n) is 41.9.